The van der Waals surface area contributed by atoms with Crippen LogP contribution in [0, 0.1) is 5.82 Å². The van der Waals surface area contributed by atoms with Gasteiger partial charge in [0.25, 0.3) is 5.91 Å². The van der Waals surface area contributed by atoms with Crippen LogP contribution >= 0.6 is 11.3 Å². The highest BCUT2D eigenvalue weighted by Gasteiger charge is 2.44. The number of aliphatic hydroxyl groups is 1. The van der Waals surface area contributed by atoms with Gasteiger partial charge in [0.1, 0.15) is 5.82 Å². The Kier molecular flexibility index (Phi) is 6.46. The van der Waals surface area contributed by atoms with Crippen molar-refractivity contribution < 1.29 is 28.6 Å². The van der Waals surface area contributed by atoms with Crippen molar-refractivity contribution in [2.75, 3.05) is 13.7 Å². The van der Waals surface area contributed by atoms with Gasteiger partial charge in [0.05, 0.1) is 30.2 Å². The molecule has 1 atom stereocenters. The Balaban J connectivity index is 1.82. The molecule has 1 N–H and O–H groups in total. The SMILES string of the molecule is CCOc1cc(C2C(C(=O)c3cccs3)=C(O)C(=O)N2Cc2ccc(F)cc2)ccc1OC. The fourth-order valence-corrected chi connectivity index (χ4v) is 4.53. The molecular weight excluding hydrogens is 445 g/mol. The Labute approximate surface area is 194 Å². The third-order valence-corrected chi connectivity index (χ3v) is 6.23. The van der Waals surface area contributed by atoms with Crippen LogP contribution in [-0.4, -0.2) is 35.4 Å². The zero-order valence-electron chi connectivity index (χ0n) is 18.1. The first-order chi connectivity index (χ1) is 15.9. The number of carbonyl (C=O) groups excluding carboxylic acids is 2. The average Bonchev–Trinajstić information content (AvgIpc) is 3.44. The normalized spacial score (nSPS) is 15.8. The van der Waals surface area contributed by atoms with E-state index < -0.39 is 29.3 Å². The van der Waals surface area contributed by atoms with Gasteiger partial charge in [-0.25, -0.2) is 4.39 Å². The molecule has 0 saturated heterocycles. The van der Waals surface area contributed by atoms with E-state index in [9.17, 15) is 19.1 Å². The Morgan fingerprint density at radius 3 is 2.55 bits per heavy atom. The number of carbonyl (C=O) groups is 2. The number of amides is 1. The number of rotatable bonds is 8. The van der Waals surface area contributed by atoms with Crippen molar-refractivity contribution in [3.8, 4) is 11.5 Å². The van der Waals surface area contributed by atoms with Crippen molar-refractivity contribution >= 4 is 23.0 Å². The highest BCUT2D eigenvalue weighted by Crippen LogP contribution is 2.42. The smallest absolute Gasteiger partial charge is 0.290 e. The average molecular weight is 468 g/mol. The number of Topliss-reactive ketones (excluding diaryl/α,β-unsaturated/α-hetero) is 1. The Morgan fingerprint density at radius 2 is 1.91 bits per heavy atom. The number of halogens is 1. The summed E-state index contributed by atoms with van der Waals surface area (Å²) in [6.45, 7) is 2.30. The van der Waals surface area contributed by atoms with Gasteiger partial charge in [-0.1, -0.05) is 24.3 Å². The summed E-state index contributed by atoms with van der Waals surface area (Å²) in [5.41, 5.74) is 1.24. The van der Waals surface area contributed by atoms with E-state index in [0.29, 0.717) is 34.1 Å². The van der Waals surface area contributed by atoms with Crippen LogP contribution in [0.3, 0.4) is 0 Å². The van der Waals surface area contributed by atoms with Crippen molar-refractivity contribution in [3.05, 3.63) is 93.1 Å². The van der Waals surface area contributed by atoms with Crippen LogP contribution in [0.25, 0.3) is 0 Å². The quantitative estimate of drug-likeness (QED) is 0.468. The van der Waals surface area contributed by atoms with Crippen molar-refractivity contribution in [1.29, 1.82) is 0 Å². The molecule has 170 valence electrons. The van der Waals surface area contributed by atoms with E-state index in [0.717, 1.165) is 0 Å². The monoisotopic (exact) mass is 467 g/mol. The molecule has 2 aromatic carbocycles. The summed E-state index contributed by atoms with van der Waals surface area (Å²) in [6.07, 6.45) is 0. The first-order valence-corrected chi connectivity index (χ1v) is 11.2. The van der Waals surface area contributed by atoms with Crippen LogP contribution in [0.1, 0.15) is 33.8 Å². The lowest BCUT2D eigenvalue weighted by atomic mass is 9.94. The maximum Gasteiger partial charge on any atom is 0.290 e. The first-order valence-electron chi connectivity index (χ1n) is 10.3. The number of ether oxygens (including phenoxy) is 2. The number of methoxy groups -OCH3 is 1. The summed E-state index contributed by atoms with van der Waals surface area (Å²) < 4.78 is 24.4. The summed E-state index contributed by atoms with van der Waals surface area (Å²) >= 11 is 1.23. The number of benzene rings is 2. The third kappa shape index (κ3) is 4.34. The second-order valence-corrected chi connectivity index (χ2v) is 8.32. The van der Waals surface area contributed by atoms with E-state index in [2.05, 4.69) is 0 Å². The molecule has 0 radical (unpaired) electrons. The molecule has 8 heteroatoms. The zero-order valence-corrected chi connectivity index (χ0v) is 18.9. The fraction of sp³-hybridized carbons (Fsp3) is 0.200. The number of thiophene rings is 1. The Morgan fingerprint density at radius 1 is 1.15 bits per heavy atom. The predicted molar refractivity (Wildman–Crippen MR) is 122 cm³/mol. The number of hydrogen-bond donors (Lipinski definition) is 1. The van der Waals surface area contributed by atoms with E-state index in [4.69, 9.17) is 9.47 Å². The van der Waals surface area contributed by atoms with Gasteiger partial charge in [-0.05, 0) is 53.8 Å². The summed E-state index contributed by atoms with van der Waals surface area (Å²) in [6, 6.07) is 13.4. The van der Waals surface area contributed by atoms with Crippen LogP contribution in [0.5, 0.6) is 11.5 Å². The van der Waals surface area contributed by atoms with Crippen LogP contribution < -0.4 is 9.47 Å². The lowest BCUT2D eigenvalue weighted by Gasteiger charge is -2.27. The topological polar surface area (TPSA) is 76.1 Å². The van der Waals surface area contributed by atoms with E-state index in [1.807, 2.05) is 6.92 Å². The zero-order chi connectivity index (χ0) is 23.5. The molecule has 0 fully saturated rings. The van der Waals surface area contributed by atoms with Gasteiger partial charge in [0.15, 0.2) is 17.3 Å². The van der Waals surface area contributed by atoms with Crippen LogP contribution in [0.15, 0.2) is 71.3 Å². The van der Waals surface area contributed by atoms with Gasteiger partial charge in [-0.2, -0.15) is 0 Å². The summed E-state index contributed by atoms with van der Waals surface area (Å²) in [5.74, 6) is -1.10. The molecule has 4 rings (SSSR count). The van der Waals surface area contributed by atoms with Crippen LogP contribution in [0.2, 0.25) is 0 Å². The van der Waals surface area contributed by atoms with Gasteiger partial charge >= 0.3 is 0 Å². The summed E-state index contributed by atoms with van der Waals surface area (Å²) in [4.78, 5) is 28.3. The molecule has 2 heterocycles. The number of nitrogens with zero attached hydrogens (tertiary/aromatic N) is 1. The Bertz CT molecular complexity index is 1200. The summed E-state index contributed by atoms with van der Waals surface area (Å²) in [7, 11) is 1.52. The van der Waals surface area contributed by atoms with Crippen molar-refractivity contribution in [2.24, 2.45) is 0 Å². The Hall–Kier alpha value is -3.65. The van der Waals surface area contributed by atoms with Gasteiger partial charge in [-0.15, -0.1) is 11.3 Å². The van der Waals surface area contributed by atoms with Crippen molar-refractivity contribution in [2.45, 2.75) is 19.5 Å². The molecule has 1 aliphatic rings. The van der Waals surface area contributed by atoms with Crippen LogP contribution in [0.4, 0.5) is 4.39 Å². The predicted octanol–water partition coefficient (Wildman–Crippen LogP) is 5.07. The second kappa shape index (κ2) is 9.46. The van der Waals surface area contributed by atoms with Gasteiger partial charge in [-0.3, -0.25) is 9.59 Å². The van der Waals surface area contributed by atoms with E-state index in [1.54, 1.807) is 47.8 Å². The standard InChI is InChI=1S/C25H22FNO5S/c1-3-32-19-13-16(8-11-18(19)31-2)22-21(23(28)20-5-4-12-33-20)24(29)25(30)27(22)14-15-6-9-17(26)10-7-15/h4-13,22,29H,3,14H2,1-2H3. The highest BCUT2D eigenvalue weighted by molar-refractivity contribution is 7.12. The van der Waals surface area contributed by atoms with Crippen molar-refractivity contribution in [1.82, 2.24) is 4.90 Å². The maximum absolute atomic E-state index is 13.4. The highest BCUT2D eigenvalue weighted by atomic mass is 32.1. The van der Waals surface area contributed by atoms with E-state index in [1.165, 1.54) is 35.5 Å². The third-order valence-electron chi connectivity index (χ3n) is 5.36. The molecule has 1 aliphatic heterocycles. The molecule has 0 aliphatic carbocycles. The van der Waals surface area contributed by atoms with Gasteiger partial charge in [0.2, 0.25) is 5.78 Å². The number of ketones is 1. The fourth-order valence-electron chi connectivity index (χ4n) is 3.85. The minimum atomic E-state index is -0.859. The number of aliphatic hydroxyl groups excluding tert-OH is 1. The lowest BCUT2D eigenvalue weighted by Crippen LogP contribution is -2.30. The first kappa shape index (κ1) is 22.5. The molecule has 0 spiro atoms. The summed E-state index contributed by atoms with van der Waals surface area (Å²) in [5, 5.41) is 12.5. The molecule has 1 amide bonds. The minimum absolute atomic E-state index is 0.00261. The molecule has 6 nitrogen and oxygen atoms in total. The van der Waals surface area contributed by atoms with E-state index >= 15 is 0 Å². The molecule has 3 aromatic rings. The maximum atomic E-state index is 13.4. The second-order valence-electron chi connectivity index (χ2n) is 7.37. The van der Waals surface area contributed by atoms with Gasteiger partial charge in [0, 0.05) is 6.54 Å². The molecular formula is C25H22FNO5S. The van der Waals surface area contributed by atoms with E-state index in [-0.39, 0.29) is 12.1 Å². The molecule has 0 saturated carbocycles. The molecule has 1 unspecified atom stereocenters. The molecule has 0 bridgehead atoms. The molecule has 33 heavy (non-hydrogen) atoms. The lowest BCUT2D eigenvalue weighted by molar-refractivity contribution is -0.130. The number of hydrogen-bond acceptors (Lipinski definition) is 6. The minimum Gasteiger partial charge on any atom is -0.503 e. The molecule has 1 aromatic heterocycles. The largest absolute Gasteiger partial charge is 0.503 e. The van der Waals surface area contributed by atoms with Crippen LogP contribution in [-0.2, 0) is 11.3 Å². The van der Waals surface area contributed by atoms with Crippen molar-refractivity contribution in [3.63, 3.8) is 0 Å². The van der Waals surface area contributed by atoms with Gasteiger partial charge < -0.3 is 19.5 Å².